The van der Waals surface area contributed by atoms with Gasteiger partial charge in [-0.2, -0.15) is 13.2 Å². The number of nitrogens with one attached hydrogen (secondary N) is 1. The molecule has 1 atom stereocenters. The quantitative estimate of drug-likeness (QED) is 0.539. The number of imide groups is 1. The number of amides is 3. The van der Waals surface area contributed by atoms with Crippen LogP contribution in [0, 0.1) is 6.92 Å². The van der Waals surface area contributed by atoms with Crippen molar-refractivity contribution >= 4 is 29.4 Å². The number of alkyl halides is 3. The maximum Gasteiger partial charge on any atom is 0.416 e. The van der Waals surface area contributed by atoms with Crippen LogP contribution in [0.25, 0.3) is 0 Å². The largest absolute Gasteiger partial charge is 0.452 e. The molecular formula is C22H19F3N2O5. The summed E-state index contributed by atoms with van der Waals surface area (Å²) in [5, 5.41) is 2.35. The fourth-order valence-corrected chi connectivity index (χ4v) is 3.11. The molecule has 3 amide bonds. The van der Waals surface area contributed by atoms with E-state index in [1.807, 2.05) is 0 Å². The molecular weight excluding hydrogens is 429 g/mol. The number of halogens is 3. The molecule has 0 aliphatic carbocycles. The van der Waals surface area contributed by atoms with E-state index in [9.17, 15) is 32.3 Å². The van der Waals surface area contributed by atoms with E-state index in [2.05, 4.69) is 5.32 Å². The number of anilines is 1. The first-order chi connectivity index (χ1) is 15.0. The highest BCUT2D eigenvalue weighted by molar-refractivity contribution is 6.21. The molecule has 0 radical (unpaired) electrons. The average molecular weight is 448 g/mol. The van der Waals surface area contributed by atoms with Crippen LogP contribution in [0.15, 0.2) is 42.5 Å². The number of nitrogens with zero attached hydrogens (tertiary/aromatic N) is 1. The monoisotopic (exact) mass is 448 g/mol. The summed E-state index contributed by atoms with van der Waals surface area (Å²) in [6.07, 6.45) is -6.05. The summed E-state index contributed by atoms with van der Waals surface area (Å²) in [7, 11) is 0. The summed E-state index contributed by atoms with van der Waals surface area (Å²) >= 11 is 0. The molecule has 1 aliphatic rings. The van der Waals surface area contributed by atoms with Crippen LogP contribution in [-0.2, 0) is 20.5 Å². The van der Waals surface area contributed by atoms with Gasteiger partial charge in [-0.25, -0.2) is 0 Å². The number of rotatable bonds is 6. The number of aryl methyl sites for hydroxylation is 1. The van der Waals surface area contributed by atoms with Crippen molar-refractivity contribution in [1.82, 2.24) is 4.90 Å². The highest BCUT2D eigenvalue weighted by atomic mass is 19.4. The van der Waals surface area contributed by atoms with Crippen LogP contribution in [-0.4, -0.2) is 41.2 Å². The Bertz CT molecular complexity index is 1080. The molecule has 10 heteroatoms. The van der Waals surface area contributed by atoms with Gasteiger partial charge in [-0.05, 0) is 50.2 Å². The summed E-state index contributed by atoms with van der Waals surface area (Å²) in [5.74, 6) is -2.57. The van der Waals surface area contributed by atoms with Gasteiger partial charge in [0.05, 0.1) is 23.1 Å². The number of carbonyl (C=O) groups excluding carboxylic acids is 4. The van der Waals surface area contributed by atoms with Gasteiger partial charge in [-0.1, -0.05) is 11.6 Å². The first-order valence-corrected chi connectivity index (χ1v) is 9.62. The lowest BCUT2D eigenvalue weighted by Crippen LogP contribution is -2.34. The zero-order valence-corrected chi connectivity index (χ0v) is 17.2. The second kappa shape index (κ2) is 8.81. The molecule has 168 valence electrons. The lowest BCUT2D eigenvalue weighted by Gasteiger charge is -2.16. The fourth-order valence-electron chi connectivity index (χ4n) is 3.11. The third kappa shape index (κ3) is 4.96. The van der Waals surface area contributed by atoms with Crippen LogP contribution in [0.4, 0.5) is 18.9 Å². The van der Waals surface area contributed by atoms with Crippen molar-refractivity contribution in [3.8, 4) is 0 Å². The first-order valence-electron chi connectivity index (χ1n) is 9.62. The van der Waals surface area contributed by atoms with Gasteiger partial charge in [0.15, 0.2) is 6.10 Å². The van der Waals surface area contributed by atoms with E-state index < -0.39 is 41.5 Å². The Kier molecular flexibility index (Phi) is 6.33. The van der Waals surface area contributed by atoms with Gasteiger partial charge in [-0.15, -0.1) is 0 Å². The molecule has 7 nitrogen and oxygen atoms in total. The average Bonchev–Trinajstić information content (AvgIpc) is 2.95. The number of fused-ring (bicyclic) bond motifs is 1. The zero-order chi connectivity index (χ0) is 23.6. The van der Waals surface area contributed by atoms with Crippen LogP contribution in [0.2, 0.25) is 0 Å². The van der Waals surface area contributed by atoms with Crippen molar-refractivity contribution in [1.29, 1.82) is 0 Å². The van der Waals surface area contributed by atoms with Crippen molar-refractivity contribution in [3.05, 3.63) is 64.7 Å². The molecule has 1 N–H and O–H groups in total. The molecule has 2 aromatic rings. The maximum atomic E-state index is 12.6. The Morgan fingerprint density at radius 1 is 1.03 bits per heavy atom. The van der Waals surface area contributed by atoms with E-state index in [-0.39, 0.29) is 29.8 Å². The SMILES string of the molecule is Cc1ccc2c(c1)C(=O)N(CCC(=O)OC(C)C(=O)Nc1ccc(C(F)(F)F)cc1)C2=O. The van der Waals surface area contributed by atoms with Gasteiger partial charge in [0.2, 0.25) is 0 Å². The van der Waals surface area contributed by atoms with Crippen molar-refractivity contribution in [2.45, 2.75) is 32.5 Å². The molecule has 1 heterocycles. The lowest BCUT2D eigenvalue weighted by molar-refractivity contribution is -0.153. The standard InChI is InChI=1S/C22H19F3N2O5/c1-12-3-8-16-17(11-12)21(31)27(20(16)30)10-9-18(28)32-13(2)19(29)26-15-6-4-14(5-7-15)22(23,24)25/h3-8,11,13H,9-10H2,1-2H3,(H,26,29). The van der Waals surface area contributed by atoms with Gasteiger partial charge < -0.3 is 10.1 Å². The second-order valence-corrected chi connectivity index (χ2v) is 7.26. The zero-order valence-electron chi connectivity index (χ0n) is 17.2. The normalized spacial score (nSPS) is 14.2. The molecule has 1 unspecified atom stereocenters. The minimum absolute atomic E-state index is 0.104. The van der Waals surface area contributed by atoms with E-state index >= 15 is 0 Å². The van der Waals surface area contributed by atoms with Crippen LogP contribution in [0.3, 0.4) is 0 Å². The van der Waals surface area contributed by atoms with Gasteiger partial charge >= 0.3 is 12.1 Å². The minimum Gasteiger partial charge on any atom is -0.452 e. The molecule has 0 spiro atoms. The van der Waals surface area contributed by atoms with Crippen LogP contribution < -0.4 is 5.32 Å². The Hall–Kier alpha value is -3.69. The van der Waals surface area contributed by atoms with Crippen LogP contribution in [0.5, 0.6) is 0 Å². The summed E-state index contributed by atoms with van der Waals surface area (Å²) in [4.78, 5) is 50.0. The molecule has 0 aromatic heterocycles. The number of hydrogen-bond acceptors (Lipinski definition) is 5. The molecule has 3 rings (SSSR count). The maximum absolute atomic E-state index is 12.6. The van der Waals surface area contributed by atoms with Crippen molar-refractivity contribution in [2.24, 2.45) is 0 Å². The van der Waals surface area contributed by atoms with E-state index in [4.69, 9.17) is 4.74 Å². The topological polar surface area (TPSA) is 92.8 Å². The Labute approximate surface area is 181 Å². The molecule has 2 aromatic carbocycles. The highest BCUT2D eigenvalue weighted by Crippen LogP contribution is 2.30. The van der Waals surface area contributed by atoms with Crippen molar-refractivity contribution in [3.63, 3.8) is 0 Å². The third-order valence-electron chi connectivity index (χ3n) is 4.82. The van der Waals surface area contributed by atoms with Gasteiger partial charge in [0.1, 0.15) is 0 Å². The Morgan fingerprint density at radius 3 is 2.28 bits per heavy atom. The predicted molar refractivity (Wildman–Crippen MR) is 107 cm³/mol. The molecule has 0 saturated heterocycles. The van der Waals surface area contributed by atoms with Crippen LogP contribution in [0.1, 0.15) is 45.2 Å². The first kappa shape index (κ1) is 23.0. The lowest BCUT2D eigenvalue weighted by atomic mass is 10.1. The fraction of sp³-hybridized carbons (Fsp3) is 0.273. The van der Waals surface area contributed by atoms with Crippen molar-refractivity contribution < 1.29 is 37.1 Å². The number of carbonyl (C=O) groups is 4. The smallest absolute Gasteiger partial charge is 0.416 e. The highest BCUT2D eigenvalue weighted by Gasteiger charge is 2.35. The second-order valence-electron chi connectivity index (χ2n) is 7.26. The molecule has 1 aliphatic heterocycles. The number of hydrogen-bond donors (Lipinski definition) is 1. The summed E-state index contributed by atoms with van der Waals surface area (Å²) in [6.45, 7) is 2.87. The van der Waals surface area contributed by atoms with Crippen molar-refractivity contribution in [2.75, 3.05) is 11.9 Å². The van der Waals surface area contributed by atoms with Gasteiger partial charge in [-0.3, -0.25) is 24.1 Å². The molecule has 0 saturated carbocycles. The molecule has 32 heavy (non-hydrogen) atoms. The van der Waals surface area contributed by atoms with Gasteiger partial charge in [0, 0.05) is 12.2 Å². The van der Waals surface area contributed by atoms with Crippen LogP contribution >= 0.6 is 0 Å². The Balaban J connectivity index is 1.51. The third-order valence-corrected chi connectivity index (χ3v) is 4.82. The predicted octanol–water partition coefficient (Wildman–Crippen LogP) is 3.57. The van der Waals surface area contributed by atoms with E-state index in [0.717, 1.165) is 34.7 Å². The van der Waals surface area contributed by atoms with E-state index in [1.54, 1.807) is 25.1 Å². The summed E-state index contributed by atoms with van der Waals surface area (Å²) < 4.78 is 42.8. The summed E-state index contributed by atoms with van der Waals surface area (Å²) in [6, 6.07) is 8.65. The van der Waals surface area contributed by atoms with E-state index in [1.165, 1.54) is 6.92 Å². The number of ether oxygens (including phenoxy) is 1. The summed E-state index contributed by atoms with van der Waals surface area (Å²) in [5.41, 5.74) is 0.593. The molecule has 0 fully saturated rings. The number of benzene rings is 2. The van der Waals surface area contributed by atoms with Gasteiger partial charge in [0.25, 0.3) is 17.7 Å². The number of esters is 1. The molecule has 0 bridgehead atoms. The Morgan fingerprint density at radius 2 is 1.66 bits per heavy atom. The van der Waals surface area contributed by atoms with E-state index in [0.29, 0.717) is 0 Å². The minimum atomic E-state index is -4.50.